The van der Waals surface area contributed by atoms with Gasteiger partial charge in [-0.1, -0.05) is 103 Å². The van der Waals surface area contributed by atoms with E-state index in [2.05, 4.69) is 150 Å². The second-order valence-electron chi connectivity index (χ2n) is 12.0. The molecule has 0 radical (unpaired) electrons. The monoisotopic (exact) mass is 650 g/mol. The zero-order valence-electron chi connectivity index (χ0n) is 25.6. The molecule has 226 valence electrons. The highest BCUT2D eigenvalue weighted by Gasteiger charge is 2.18. The molecule has 3 heterocycles. The predicted molar refractivity (Wildman–Crippen MR) is 205 cm³/mol. The van der Waals surface area contributed by atoms with Crippen molar-refractivity contribution in [2.45, 2.75) is 0 Å². The Morgan fingerprint density at radius 1 is 0.479 bits per heavy atom. The number of furan rings is 1. The Morgan fingerprint density at radius 3 is 2.04 bits per heavy atom. The van der Waals surface area contributed by atoms with Crippen LogP contribution >= 0.6 is 22.7 Å². The molecule has 0 amide bonds. The van der Waals surface area contributed by atoms with Crippen molar-refractivity contribution in [3.8, 4) is 21.7 Å². The van der Waals surface area contributed by atoms with E-state index in [0.717, 1.165) is 66.2 Å². The summed E-state index contributed by atoms with van der Waals surface area (Å²) in [6.07, 6.45) is 0. The maximum Gasteiger partial charge on any atom is 0.143 e. The molecule has 10 rings (SSSR count). The van der Waals surface area contributed by atoms with Crippen LogP contribution in [0.25, 0.3) is 74.0 Å². The predicted octanol–water partition coefficient (Wildman–Crippen LogP) is 13.4. The number of thiazole rings is 1. The number of hydrogen-bond donors (Lipinski definition) is 0. The lowest BCUT2D eigenvalue weighted by atomic mass is 10.0. The molecule has 0 fully saturated rings. The molecular formula is C43H26N2OS2. The average molecular weight is 651 g/mol. The molecule has 0 N–H and O–H groups in total. The summed E-state index contributed by atoms with van der Waals surface area (Å²) >= 11 is 3.59. The SMILES string of the molecule is c1ccc(-c2nc3c(ccc4sc5cc(N(c6ccccc6)c6ccc(-c7cccc8c7oc7ccccc78)cc6)ccc5c43)s2)cc1. The van der Waals surface area contributed by atoms with Crippen molar-refractivity contribution in [2.24, 2.45) is 0 Å². The highest BCUT2D eigenvalue weighted by molar-refractivity contribution is 7.26. The Labute approximate surface area is 284 Å². The third kappa shape index (κ3) is 4.36. The van der Waals surface area contributed by atoms with Crippen molar-refractivity contribution < 1.29 is 4.42 Å². The second kappa shape index (κ2) is 10.9. The van der Waals surface area contributed by atoms with Crippen LogP contribution in [0.2, 0.25) is 0 Å². The number of aromatic nitrogens is 1. The van der Waals surface area contributed by atoms with Crippen LogP contribution in [0.15, 0.2) is 162 Å². The van der Waals surface area contributed by atoms with Gasteiger partial charge in [0.1, 0.15) is 16.2 Å². The van der Waals surface area contributed by atoms with E-state index < -0.39 is 0 Å². The first-order chi connectivity index (χ1) is 23.8. The van der Waals surface area contributed by atoms with Crippen molar-refractivity contribution in [3.63, 3.8) is 0 Å². The number of hydrogen-bond acceptors (Lipinski definition) is 5. The van der Waals surface area contributed by atoms with Gasteiger partial charge in [-0.25, -0.2) is 4.98 Å². The molecule has 0 aliphatic carbocycles. The van der Waals surface area contributed by atoms with Crippen LogP contribution in [-0.4, -0.2) is 4.98 Å². The summed E-state index contributed by atoms with van der Waals surface area (Å²) in [6.45, 7) is 0. The summed E-state index contributed by atoms with van der Waals surface area (Å²) in [5, 5.41) is 5.83. The quantitative estimate of drug-likeness (QED) is 0.186. The first-order valence-corrected chi connectivity index (χ1v) is 17.6. The van der Waals surface area contributed by atoms with Gasteiger partial charge in [0.25, 0.3) is 0 Å². The van der Waals surface area contributed by atoms with Gasteiger partial charge in [-0.15, -0.1) is 22.7 Å². The standard InChI is InChI=1S/C43H26N2OS2/c1-3-10-28(11-4-1)43-44-41-38(48-43)25-24-37-40(41)35-23-22-31(26-39(35)47-37)45(29-12-5-2-6-13-29)30-20-18-27(19-21-30)32-15-9-16-34-33-14-7-8-17-36(33)46-42(32)34/h1-26H. The molecule has 3 nitrogen and oxygen atoms in total. The van der Waals surface area contributed by atoms with Crippen molar-refractivity contribution in [2.75, 3.05) is 4.90 Å². The molecule has 0 atom stereocenters. The van der Waals surface area contributed by atoms with Crippen LogP contribution in [0.5, 0.6) is 0 Å². The fraction of sp³-hybridized carbons (Fsp3) is 0. The van der Waals surface area contributed by atoms with Crippen LogP contribution in [0.4, 0.5) is 17.1 Å². The van der Waals surface area contributed by atoms with Gasteiger partial charge in [0.15, 0.2) is 0 Å². The Morgan fingerprint density at radius 2 is 1.19 bits per heavy atom. The zero-order valence-corrected chi connectivity index (χ0v) is 27.3. The van der Waals surface area contributed by atoms with E-state index in [-0.39, 0.29) is 0 Å². The number of nitrogens with zero attached hydrogens (tertiary/aromatic N) is 2. The van der Waals surface area contributed by atoms with E-state index in [9.17, 15) is 0 Å². The van der Waals surface area contributed by atoms with E-state index in [4.69, 9.17) is 9.40 Å². The van der Waals surface area contributed by atoms with Gasteiger partial charge in [0, 0.05) is 59.1 Å². The summed E-state index contributed by atoms with van der Waals surface area (Å²) in [5.74, 6) is 0. The molecule has 0 bridgehead atoms. The van der Waals surface area contributed by atoms with Crippen LogP contribution < -0.4 is 4.90 Å². The normalized spacial score (nSPS) is 11.8. The summed E-state index contributed by atoms with van der Waals surface area (Å²) in [6, 6.07) is 55.9. The molecule has 48 heavy (non-hydrogen) atoms. The molecule has 5 heteroatoms. The van der Waals surface area contributed by atoms with Crippen LogP contribution in [0.1, 0.15) is 0 Å². The van der Waals surface area contributed by atoms with Gasteiger partial charge in [-0.05, 0) is 60.2 Å². The molecule has 0 saturated heterocycles. The Balaban J connectivity index is 1.08. The Kier molecular flexibility index (Phi) is 6.22. The molecule has 3 aromatic heterocycles. The number of thiophene rings is 1. The first-order valence-electron chi connectivity index (χ1n) is 16.0. The van der Waals surface area contributed by atoms with Gasteiger partial charge >= 0.3 is 0 Å². The number of fused-ring (bicyclic) bond motifs is 8. The first kappa shape index (κ1) is 27.4. The molecule has 7 aromatic carbocycles. The zero-order chi connectivity index (χ0) is 31.6. The van der Waals surface area contributed by atoms with E-state index in [1.165, 1.54) is 24.9 Å². The number of anilines is 3. The third-order valence-corrected chi connectivity index (χ3v) is 11.3. The molecular weight excluding hydrogens is 625 g/mol. The van der Waals surface area contributed by atoms with E-state index in [1.54, 1.807) is 11.3 Å². The van der Waals surface area contributed by atoms with Crippen molar-refractivity contribution >= 4 is 92.1 Å². The summed E-state index contributed by atoms with van der Waals surface area (Å²) in [4.78, 5) is 7.49. The van der Waals surface area contributed by atoms with E-state index in [1.807, 2.05) is 23.5 Å². The highest BCUT2D eigenvalue weighted by Crippen LogP contribution is 2.45. The molecule has 0 aliphatic heterocycles. The number of rotatable bonds is 5. The van der Waals surface area contributed by atoms with Gasteiger partial charge < -0.3 is 9.32 Å². The molecule has 10 aromatic rings. The molecule has 0 spiro atoms. The summed E-state index contributed by atoms with van der Waals surface area (Å²) < 4.78 is 10.1. The highest BCUT2D eigenvalue weighted by atomic mass is 32.1. The fourth-order valence-corrected chi connectivity index (χ4v) is 8.99. The minimum Gasteiger partial charge on any atom is -0.455 e. The Bertz CT molecular complexity index is 2780. The van der Waals surface area contributed by atoms with Crippen LogP contribution in [0.3, 0.4) is 0 Å². The second-order valence-corrected chi connectivity index (χ2v) is 14.1. The summed E-state index contributed by atoms with van der Waals surface area (Å²) in [5.41, 5.74) is 9.62. The summed E-state index contributed by atoms with van der Waals surface area (Å²) in [7, 11) is 0. The van der Waals surface area contributed by atoms with Gasteiger partial charge in [0.05, 0.1) is 10.2 Å². The minimum absolute atomic E-state index is 0.913. The lowest BCUT2D eigenvalue weighted by Crippen LogP contribution is -2.09. The number of para-hydroxylation sites is 3. The smallest absolute Gasteiger partial charge is 0.143 e. The van der Waals surface area contributed by atoms with Crippen molar-refractivity contribution in [3.05, 3.63) is 158 Å². The molecule has 0 unspecified atom stereocenters. The Hall–Kier alpha value is -5.75. The third-order valence-electron chi connectivity index (χ3n) is 9.11. The lowest BCUT2D eigenvalue weighted by molar-refractivity contribution is 0.670. The maximum atomic E-state index is 6.36. The molecule has 0 aliphatic rings. The largest absolute Gasteiger partial charge is 0.455 e. The van der Waals surface area contributed by atoms with Gasteiger partial charge in [0.2, 0.25) is 0 Å². The van der Waals surface area contributed by atoms with Crippen molar-refractivity contribution in [1.82, 2.24) is 4.98 Å². The minimum atomic E-state index is 0.913. The number of benzene rings is 7. The van der Waals surface area contributed by atoms with E-state index in [0.29, 0.717) is 0 Å². The van der Waals surface area contributed by atoms with Crippen molar-refractivity contribution in [1.29, 1.82) is 0 Å². The average Bonchev–Trinajstić information content (AvgIpc) is 3.86. The molecule has 0 saturated carbocycles. The maximum absolute atomic E-state index is 6.36. The van der Waals surface area contributed by atoms with Gasteiger partial charge in [-0.3, -0.25) is 0 Å². The topological polar surface area (TPSA) is 29.3 Å². The lowest BCUT2D eigenvalue weighted by Gasteiger charge is -2.25. The fourth-order valence-electron chi connectivity index (χ4n) is 6.87. The van der Waals surface area contributed by atoms with Crippen LogP contribution in [-0.2, 0) is 0 Å². The van der Waals surface area contributed by atoms with Gasteiger partial charge in [-0.2, -0.15) is 0 Å². The van der Waals surface area contributed by atoms with E-state index >= 15 is 0 Å². The van der Waals surface area contributed by atoms with Crippen LogP contribution in [0, 0.1) is 0 Å².